The van der Waals surface area contributed by atoms with Gasteiger partial charge in [0.15, 0.2) is 0 Å². The number of halogens is 2. The molecule has 23 heavy (non-hydrogen) atoms. The normalized spacial score (nSPS) is 16.9. The van der Waals surface area contributed by atoms with Crippen LogP contribution in [-0.2, 0) is 0 Å². The van der Waals surface area contributed by atoms with Gasteiger partial charge in [0.2, 0.25) is 0 Å². The number of rotatable bonds is 4. The Labute approximate surface area is 135 Å². The summed E-state index contributed by atoms with van der Waals surface area (Å²) in [4.78, 5) is 2.34. The first-order chi connectivity index (χ1) is 11.2. The first-order valence-corrected chi connectivity index (χ1v) is 7.88. The van der Waals surface area contributed by atoms with Crippen LogP contribution in [0.3, 0.4) is 0 Å². The molecule has 5 heteroatoms. The van der Waals surface area contributed by atoms with Gasteiger partial charge < -0.3 is 0 Å². The Morgan fingerprint density at radius 3 is 1.70 bits per heavy atom. The highest BCUT2D eigenvalue weighted by atomic mass is 19.1. The highest BCUT2D eigenvalue weighted by Crippen LogP contribution is 2.31. The molecule has 0 aliphatic carbocycles. The molecule has 3 rings (SSSR count). The molecule has 0 bridgehead atoms. The topological polar surface area (TPSA) is 41.3 Å². The second-order valence-corrected chi connectivity index (χ2v) is 5.98. The van der Waals surface area contributed by atoms with Crippen LogP contribution in [0, 0.1) is 11.6 Å². The third-order valence-corrected chi connectivity index (χ3v) is 4.50. The Kier molecular flexibility index (Phi) is 5.00. The Morgan fingerprint density at radius 2 is 1.30 bits per heavy atom. The highest BCUT2D eigenvalue weighted by Gasteiger charge is 2.27. The maximum absolute atomic E-state index is 13.3. The monoisotopic (exact) mass is 317 g/mol. The van der Waals surface area contributed by atoms with Gasteiger partial charge in [-0.1, -0.05) is 24.3 Å². The standard InChI is InChI=1S/C18H21F2N3/c19-15-5-1-13(2-6-15)18(14-3-7-16(20)8-4-14)23-11-9-17(22-21)10-12-23/h1-8,17-18,22H,9-12,21H2. The largest absolute Gasteiger partial charge is 0.292 e. The van der Waals surface area contributed by atoms with Crippen LogP contribution in [0.25, 0.3) is 0 Å². The van der Waals surface area contributed by atoms with Crippen LogP contribution in [0.15, 0.2) is 48.5 Å². The molecule has 1 heterocycles. The molecule has 2 aromatic carbocycles. The van der Waals surface area contributed by atoms with E-state index in [9.17, 15) is 8.78 Å². The number of nitrogens with two attached hydrogens (primary N) is 1. The summed E-state index contributed by atoms with van der Waals surface area (Å²) in [5.41, 5.74) is 4.85. The molecule has 0 unspecified atom stereocenters. The van der Waals surface area contributed by atoms with Gasteiger partial charge in [-0.15, -0.1) is 0 Å². The number of hydrogen-bond donors (Lipinski definition) is 2. The molecule has 0 saturated carbocycles. The van der Waals surface area contributed by atoms with Crippen molar-refractivity contribution in [1.29, 1.82) is 0 Å². The summed E-state index contributed by atoms with van der Waals surface area (Å²) in [5.74, 6) is 5.02. The molecule has 0 amide bonds. The molecule has 0 atom stereocenters. The lowest BCUT2D eigenvalue weighted by molar-refractivity contribution is 0.163. The Morgan fingerprint density at radius 1 is 0.870 bits per heavy atom. The third kappa shape index (κ3) is 3.75. The van der Waals surface area contributed by atoms with Crippen LogP contribution in [0.2, 0.25) is 0 Å². The Bertz CT molecular complexity index is 574. The lowest BCUT2D eigenvalue weighted by Crippen LogP contribution is -2.46. The van der Waals surface area contributed by atoms with E-state index in [0.29, 0.717) is 6.04 Å². The minimum absolute atomic E-state index is 0.00470. The lowest BCUT2D eigenvalue weighted by atomic mass is 9.94. The molecule has 3 nitrogen and oxygen atoms in total. The van der Waals surface area contributed by atoms with E-state index in [0.717, 1.165) is 37.1 Å². The average Bonchev–Trinajstić information content (AvgIpc) is 2.59. The van der Waals surface area contributed by atoms with Gasteiger partial charge in [0.1, 0.15) is 11.6 Å². The van der Waals surface area contributed by atoms with E-state index in [1.54, 1.807) is 24.3 Å². The summed E-state index contributed by atoms with van der Waals surface area (Å²) in [6, 6.07) is 13.4. The van der Waals surface area contributed by atoms with E-state index in [4.69, 9.17) is 5.84 Å². The van der Waals surface area contributed by atoms with Crippen molar-refractivity contribution < 1.29 is 8.78 Å². The molecule has 0 spiro atoms. The van der Waals surface area contributed by atoms with Crippen LogP contribution in [0.4, 0.5) is 8.78 Å². The van der Waals surface area contributed by atoms with Gasteiger partial charge in [-0.05, 0) is 48.2 Å². The molecular formula is C18H21F2N3. The Hall–Kier alpha value is -1.82. The van der Waals surface area contributed by atoms with Gasteiger partial charge in [-0.3, -0.25) is 16.2 Å². The van der Waals surface area contributed by atoms with Gasteiger partial charge >= 0.3 is 0 Å². The van der Waals surface area contributed by atoms with E-state index in [1.807, 2.05) is 0 Å². The van der Waals surface area contributed by atoms with Crippen molar-refractivity contribution in [3.63, 3.8) is 0 Å². The fourth-order valence-electron chi connectivity index (χ4n) is 3.23. The summed E-state index contributed by atoms with van der Waals surface area (Å²) in [6.07, 6.45) is 1.91. The minimum atomic E-state index is -0.252. The average molecular weight is 317 g/mol. The molecule has 1 aliphatic rings. The SMILES string of the molecule is NNC1CCN(C(c2ccc(F)cc2)c2ccc(F)cc2)CC1. The van der Waals surface area contributed by atoms with Crippen molar-refractivity contribution in [2.24, 2.45) is 5.84 Å². The maximum atomic E-state index is 13.3. The van der Waals surface area contributed by atoms with Crippen molar-refractivity contribution >= 4 is 0 Å². The zero-order valence-electron chi connectivity index (χ0n) is 12.9. The van der Waals surface area contributed by atoms with Crippen molar-refractivity contribution in [1.82, 2.24) is 10.3 Å². The molecule has 2 aromatic rings. The van der Waals surface area contributed by atoms with Gasteiger partial charge in [0, 0.05) is 19.1 Å². The van der Waals surface area contributed by atoms with E-state index in [-0.39, 0.29) is 17.7 Å². The van der Waals surface area contributed by atoms with Crippen molar-refractivity contribution in [2.45, 2.75) is 24.9 Å². The van der Waals surface area contributed by atoms with Crippen molar-refractivity contribution in [3.8, 4) is 0 Å². The second kappa shape index (κ2) is 7.17. The zero-order valence-corrected chi connectivity index (χ0v) is 12.9. The zero-order chi connectivity index (χ0) is 16.2. The number of hydrazine groups is 1. The van der Waals surface area contributed by atoms with Gasteiger partial charge in [0.05, 0.1) is 6.04 Å². The van der Waals surface area contributed by atoms with Crippen LogP contribution in [-0.4, -0.2) is 24.0 Å². The first-order valence-electron chi connectivity index (χ1n) is 7.88. The number of piperidine rings is 1. The molecule has 1 saturated heterocycles. The summed E-state index contributed by atoms with van der Waals surface area (Å²) >= 11 is 0. The van der Waals surface area contributed by atoms with Gasteiger partial charge in [-0.25, -0.2) is 8.78 Å². The van der Waals surface area contributed by atoms with Gasteiger partial charge in [-0.2, -0.15) is 0 Å². The smallest absolute Gasteiger partial charge is 0.123 e. The predicted molar refractivity (Wildman–Crippen MR) is 86.6 cm³/mol. The van der Waals surface area contributed by atoms with Crippen LogP contribution >= 0.6 is 0 Å². The van der Waals surface area contributed by atoms with Crippen molar-refractivity contribution in [3.05, 3.63) is 71.3 Å². The summed E-state index contributed by atoms with van der Waals surface area (Å²) in [6.45, 7) is 1.77. The van der Waals surface area contributed by atoms with E-state index < -0.39 is 0 Å². The lowest BCUT2D eigenvalue weighted by Gasteiger charge is -2.38. The number of likely N-dealkylation sites (tertiary alicyclic amines) is 1. The molecular weight excluding hydrogens is 296 g/mol. The van der Waals surface area contributed by atoms with Crippen LogP contribution < -0.4 is 11.3 Å². The van der Waals surface area contributed by atoms with E-state index >= 15 is 0 Å². The van der Waals surface area contributed by atoms with Crippen LogP contribution in [0.5, 0.6) is 0 Å². The second-order valence-electron chi connectivity index (χ2n) is 5.98. The maximum Gasteiger partial charge on any atom is 0.123 e. The summed E-state index contributed by atoms with van der Waals surface area (Å²) in [5, 5.41) is 0. The van der Waals surface area contributed by atoms with E-state index in [1.165, 1.54) is 24.3 Å². The Balaban J connectivity index is 1.90. The molecule has 1 aliphatic heterocycles. The predicted octanol–water partition coefficient (Wildman–Crippen LogP) is 2.98. The molecule has 3 N–H and O–H groups in total. The summed E-state index contributed by atoms with van der Waals surface area (Å²) < 4.78 is 26.5. The molecule has 0 aromatic heterocycles. The fourth-order valence-corrected chi connectivity index (χ4v) is 3.23. The molecule has 0 radical (unpaired) electrons. The third-order valence-electron chi connectivity index (χ3n) is 4.50. The fraction of sp³-hybridized carbons (Fsp3) is 0.333. The van der Waals surface area contributed by atoms with E-state index in [2.05, 4.69) is 10.3 Å². The minimum Gasteiger partial charge on any atom is -0.292 e. The first kappa shape index (κ1) is 16.1. The molecule has 122 valence electrons. The number of nitrogens with zero attached hydrogens (tertiary/aromatic N) is 1. The number of nitrogens with one attached hydrogen (secondary N) is 1. The quantitative estimate of drug-likeness (QED) is 0.673. The van der Waals surface area contributed by atoms with Gasteiger partial charge in [0.25, 0.3) is 0 Å². The number of hydrogen-bond acceptors (Lipinski definition) is 3. The van der Waals surface area contributed by atoms with Crippen LogP contribution in [0.1, 0.15) is 30.0 Å². The highest BCUT2D eigenvalue weighted by molar-refractivity contribution is 5.32. The summed E-state index contributed by atoms with van der Waals surface area (Å²) in [7, 11) is 0. The van der Waals surface area contributed by atoms with Crippen molar-refractivity contribution in [2.75, 3.05) is 13.1 Å². The molecule has 1 fully saturated rings. The number of benzene rings is 2.